The third-order valence-corrected chi connectivity index (χ3v) is 4.75. The molecule has 1 saturated heterocycles. The van der Waals surface area contributed by atoms with Crippen molar-refractivity contribution in [2.75, 3.05) is 31.1 Å². The van der Waals surface area contributed by atoms with Crippen molar-refractivity contribution in [2.24, 2.45) is 0 Å². The van der Waals surface area contributed by atoms with E-state index in [0.717, 1.165) is 38.2 Å². The number of pyridine rings is 1. The van der Waals surface area contributed by atoms with Gasteiger partial charge in [0.05, 0.1) is 6.04 Å². The van der Waals surface area contributed by atoms with Gasteiger partial charge < -0.3 is 15.1 Å². The minimum atomic E-state index is 0.00972. The highest BCUT2D eigenvalue weighted by Crippen LogP contribution is 2.20. The lowest BCUT2D eigenvalue weighted by Gasteiger charge is -2.26. The Morgan fingerprint density at radius 3 is 2.68 bits per heavy atom. The third kappa shape index (κ3) is 4.29. The van der Waals surface area contributed by atoms with Crippen LogP contribution in [0.25, 0.3) is 0 Å². The fourth-order valence-corrected chi connectivity index (χ4v) is 3.28. The van der Waals surface area contributed by atoms with Gasteiger partial charge in [0.2, 0.25) is 0 Å². The SMILES string of the molecule is Cc1cnccc1N1CCCN(C(=O)NC(C)c2ccccc2)CC1. The number of urea groups is 1. The number of rotatable bonds is 3. The predicted octanol–water partition coefficient (Wildman–Crippen LogP) is 3.37. The Hall–Kier alpha value is -2.56. The van der Waals surface area contributed by atoms with Crippen LogP contribution in [0.2, 0.25) is 0 Å². The van der Waals surface area contributed by atoms with E-state index in [1.807, 2.05) is 54.5 Å². The van der Waals surface area contributed by atoms with Crippen LogP contribution in [-0.2, 0) is 0 Å². The van der Waals surface area contributed by atoms with E-state index in [4.69, 9.17) is 0 Å². The smallest absolute Gasteiger partial charge is 0.317 e. The number of anilines is 1. The number of benzene rings is 1. The van der Waals surface area contributed by atoms with Gasteiger partial charge in [-0.3, -0.25) is 4.98 Å². The van der Waals surface area contributed by atoms with Crippen LogP contribution in [0, 0.1) is 6.92 Å². The molecule has 1 unspecified atom stereocenters. The maximum absolute atomic E-state index is 12.6. The molecule has 3 rings (SSSR count). The number of aromatic nitrogens is 1. The molecule has 0 saturated carbocycles. The quantitative estimate of drug-likeness (QED) is 0.933. The van der Waals surface area contributed by atoms with E-state index in [0.29, 0.717) is 0 Å². The van der Waals surface area contributed by atoms with Gasteiger partial charge in [0.1, 0.15) is 0 Å². The number of hydrogen-bond donors (Lipinski definition) is 1. The van der Waals surface area contributed by atoms with Gasteiger partial charge >= 0.3 is 6.03 Å². The van der Waals surface area contributed by atoms with E-state index in [2.05, 4.69) is 28.2 Å². The second-order valence-corrected chi connectivity index (χ2v) is 6.57. The molecular formula is C20H26N4O. The largest absolute Gasteiger partial charge is 0.369 e. The van der Waals surface area contributed by atoms with E-state index < -0.39 is 0 Å². The molecule has 2 amide bonds. The van der Waals surface area contributed by atoms with Crippen LogP contribution in [-0.4, -0.2) is 42.1 Å². The van der Waals surface area contributed by atoms with Gasteiger partial charge in [-0.05, 0) is 37.5 Å². The molecule has 1 aromatic carbocycles. The van der Waals surface area contributed by atoms with Crippen molar-refractivity contribution in [2.45, 2.75) is 26.3 Å². The van der Waals surface area contributed by atoms with E-state index in [1.165, 1.54) is 11.3 Å². The summed E-state index contributed by atoms with van der Waals surface area (Å²) in [6.07, 6.45) is 4.69. The number of nitrogens with one attached hydrogen (secondary N) is 1. The van der Waals surface area contributed by atoms with Crippen molar-refractivity contribution in [1.29, 1.82) is 0 Å². The molecule has 132 valence electrons. The molecule has 1 aromatic heterocycles. The molecule has 1 aliphatic rings. The fraction of sp³-hybridized carbons (Fsp3) is 0.400. The first-order chi connectivity index (χ1) is 12.1. The summed E-state index contributed by atoms with van der Waals surface area (Å²) in [6, 6.07) is 12.2. The fourth-order valence-electron chi connectivity index (χ4n) is 3.28. The Balaban J connectivity index is 1.59. The second-order valence-electron chi connectivity index (χ2n) is 6.57. The minimum absolute atomic E-state index is 0.00972. The zero-order valence-electron chi connectivity index (χ0n) is 15.0. The number of aryl methyl sites for hydroxylation is 1. The number of hydrogen-bond acceptors (Lipinski definition) is 3. The van der Waals surface area contributed by atoms with Crippen molar-refractivity contribution in [3.8, 4) is 0 Å². The van der Waals surface area contributed by atoms with Gasteiger partial charge in [0, 0.05) is 44.3 Å². The lowest BCUT2D eigenvalue weighted by molar-refractivity contribution is 0.198. The zero-order chi connectivity index (χ0) is 17.6. The highest BCUT2D eigenvalue weighted by atomic mass is 16.2. The van der Waals surface area contributed by atoms with Gasteiger partial charge in [0.15, 0.2) is 0 Å². The summed E-state index contributed by atoms with van der Waals surface area (Å²) in [6.45, 7) is 7.43. The molecule has 0 aliphatic carbocycles. The number of nitrogens with zero attached hydrogens (tertiary/aromatic N) is 3. The van der Waals surface area contributed by atoms with Crippen LogP contribution in [0.5, 0.6) is 0 Å². The molecule has 1 N–H and O–H groups in total. The topological polar surface area (TPSA) is 48.5 Å². The first-order valence-electron chi connectivity index (χ1n) is 8.91. The highest BCUT2D eigenvalue weighted by molar-refractivity contribution is 5.75. The summed E-state index contributed by atoms with van der Waals surface area (Å²) in [5.74, 6) is 0. The van der Waals surface area contributed by atoms with Crippen LogP contribution in [0.3, 0.4) is 0 Å². The summed E-state index contributed by atoms with van der Waals surface area (Å²) in [7, 11) is 0. The molecular weight excluding hydrogens is 312 g/mol. The monoisotopic (exact) mass is 338 g/mol. The first-order valence-corrected chi connectivity index (χ1v) is 8.91. The van der Waals surface area contributed by atoms with Crippen LogP contribution < -0.4 is 10.2 Å². The molecule has 5 heteroatoms. The average molecular weight is 338 g/mol. The van der Waals surface area contributed by atoms with Gasteiger partial charge in [-0.15, -0.1) is 0 Å². The highest BCUT2D eigenvalue weighted by Gasteiger charge is 2.21. The molecule has 0 radical (unpaired) electrons. The van der Waals surface area contributed by atoms with Gasteiger partial charge in [-0.25, -0.2) is 4.79 Å². The number of amides is 2. The molecule has 1 atom stereocenters. The molecule has 5 nitrogen and oxygen atoms in total. The van der Waals surface area contributed by atoms with Crippen molar-refractivity contribution < 1.29 is 4.79 Å². The summed E-state index contributed by atoms with van der Waals surface area (Å²) < 4.78 is 0. The van der Waals surface area contributed by atoms with Crippen molar-refractivity contribution in [3.05, 3.63) is 59.9 Å². The van der Waals surface area contributed by atoms with E-state index in [1.54, 1.807) is 0 Å². The van der Waals surface area contributed by atoms with Crippen molar-refractivity contribution in [1.82, 2.24) is 15.2 Å². The van der Waals surface area contributed by atoms with Gasteiger partial charge in [0.25, 0.3) is 0 Å². The normalized spacial score (nSPS) is 16.2. The van der Waals surface area contributed by atoms with Gasteiger partial charge in [-0.1, -0.05) is 30.3 Å². The first kappa shape index (κ1) is 17.3. The lowest BCUT2D eigenvalue weighted by Crippen LogP contribution is -2.43. The molecule has 25 heavy (non-hydrogen) atoms. The average Bonchev–Trinajstić information content (AvgIpc) is 2.89. The maximum atomic E-state index is 12.6. The van der Waals surface area contributed by atoms with E-state index in [9.17, 15) is 4.79 Å². The van der Waals surface area contributed by atoms with E-state index in [-0.39, 0.29) is 12.1 Å². The number of carbonyl (C=O) groups is 1. The Morgan fingerprint density at radius 1 is 1.12 bits per heavy atom. The Labute approximate surface area is 149 Å². The van der Waals surface area contributed by atoms with Crippen LogP contribution in [0.15, 0.2) is 48.8 Å². The Bertz CT molecular complexity index is 704. The maximum Gasteiger partial charge on any atom is 0.317 e. The predicted molar refractivity (Wildman–Crippen MR) is 101 cm³/mol. The van der Waals surface area contributed by atoms with Crippen molar-refractivity contribution >= 4 is 11.7 Å². The molecule has 1 aliphatic heterocycles. The zero-order valence-corrected chi connectivity index (χ0v) is 15.0. The summed E-state index contributed by atoms with van der Waals surface area (Å²) in [5, 5.41) is 3.12. The van der Waals surface area contributed by atoms with Crippen LogP contribution >= 0.6 is 0 Å². The summed E-state index contributed by atoms with van der Waals surface area (Å²) in [4.78, 5) is 21.1. The lowest BCUT2D eigenvalue weighted by atomic mass is 10.1. The molecule has 2 heterocycles. The summed E-state index contributed by atoms with van der Waals surface area (Å²) >= 11 is 0. The van der Waals surface area contributed by atoms with Crippen molar-refractivity contribution in [3.63, 3.8) is 0 Å². The standard InChI is InChI=1S/C20H26N4O/c1-16-15-21-10-9-19(16)23-11-6-12-24(14-13-23)20(25)22-17(2)18-7-4-3-5-8-18/h3-5,7-10,15,17H,6,11-14H2,1-2H3,(H,22,25). The van der Waals surface area contributed by atoms with Crippen LogP contribution in [0.4, 0.5) is 10.5 Å². The van der Waals surface area contributed by atoms with Gasteiger partial charge in [-0.2, -0.15) is 0 Å². The molecule has 0 bridgehead atoms. The molecule has 1 fully saturated rings. The Kier molecular flexibility index (Phi) is 5.53. The Morgan fingerprint density at radius 2 is 1.92 bits per heavy atom. The van der Waals surface area contributed by atoms with E-state index >= 15 is 0 Å². The van der Waals surface area contributed by atoms with Crippen LogP contribution in [0.1, 0.15) is 30.5 Å². The summed E-state index contributed by atoms with van der Waals surface area (Å²) in [5.41, 5.74) is 3.52. The number of carbonyl (C=O) groups excluding carboxylic acids is 1. The second kappa shape index (κ2) is 8.01. The minimum Gasteiger partial charge on any atom is -0.369 e. The third-order valence-electron chi connectivity index (χ3n) is 4.75. The molecule has 2 aromatic rings. The molecule has 0 spiro atoms.